The molecule has 0 aliphatic rings. The average molecular weight is 2180 g/mol. The zero-order valence-corrected chi connectivity index (χ0v) is 71.8. The standard InChI is InChI=1S/C64BF36.C15F16.C15H33N/c66-29-9-1-5-17(33(29)70)49(86)61(98)53(90)21(5)41(78)37(74)13(1)45(82)57(94)25(9)65(26-10-2-6-18(34(71)30(10)67)50(87)62(99)54(91)22(6)42(79)38(75)14(2)46(83)58(26)95,27-11-3-7-19(35(72)31(11)68)51(88)63(100)55(92)23(7)43(80)39(76)15(3)47(84)59(27)96)28-12-4-8-20(36(73)32(12)69)52(89)64(101)56(93)24(8)44(81)40(77)16(4)48(85)60(28)97;16-5-2(6(17)10(21)12(23)9(5)20)1-3(13(24,25)15(29,30)31)7(18)11(22)8(19)4(1)14(26,27)28;1-5-8-12-16-13-14(4)10-11-15(7-3)9-6-2/h;;14-16H,5-13H2,1-4H3/q-1;;/p+1. The number of rotatable bonds is 17. The maximum Gasteiger partial charge on any atom is 0.458 e. The Kier molecular flexibility index (Phi) is 26.2. The van der Waals surface area contributed by atoms with Crippen molar-refractivity contribution in [3.8, 4) is 11.1 Å². The van der Waals surface area contributed by atoms with Gasteiger partial charge in [-0.3, -0.25) is 0 Å². The van der Waals surface area contributed by atoms with E-state index in [0.29, 0.717) is 0 Å². The molecule has 2 unspecified atom stereocenters. The molecule has 0 amide bonds. The SMILES string of the molecule is CCCC[NH2+]CC(C)CCC(CC)CCC.Fc1c(F)c(F)c(-c2c(C(F)(F)F)c(F)c(F)c(F)c2C(F)(F)C(F)(F)F)c(F)c1F.Fc1c(F)c2c(F)c(F)c3c(F)c(F)c([B-](c4c(F)c(F)c5c(F)c(F)c6c(F)c(F)c(F)c7c(F)c(F)c4c5c67)(c4c(F)c(F)c5c(F)c(F)c6c(F)c(F)c(F)c7c(F)c(F)c4c5c67)c4c(F)c(F)c5c(F)c(F)c6c(F)c(F)c(F)c7c(F)c(F)c4c5c67)c4c(F)c(F)c(c1F)c2c34. The van der Waals surface area contributed by atoms with Crippen molar-refractivity contribution < 1.29 is 234 Å². The molecule has 782 valence electrons. The second-order valence-electron chi connectivity index (χ2n) is 33.8. The Morgan fingerprint density at radius 3 is 0.615 bits per heavy atom. The lowest BCUT2D eigenvalue weighted by Crippen LogP contribution is -2.85. The van der Waals surface area contributed by atoms with Crippen LogP contribution in [0.3, 0.4) is 0 Å². The van der Waals surface area contributed by atoms with Crippen LogP contribution in [0.4, 0.5) is 228 Å². The van der Waals surface area contributed by atoms with E-state index < -0.39 is 454 Å². The number of benzene rings is 18. The number of nitrogens with two attached hydrogens (primary N) is 1. The molecular formula is C94H34BF52N. The fourth-order valence-electron chi connectivity index (χ4n) is 19.9. The van der Waals surface area contributed by atoms with Crippen LogP contribution in [0, 0.1) is 268 Å². The van der Waals surface area contributed by atoms with E-state index >= 15 is 158 Å². The highest BCUT2D eigenvalue weighted by molar-refractivity contribution is 7.23. The molecule has 0 aromatic heterocycles. The zero-order chi connectivity index (χ0) is 110. The third-order valence-corrected chi connectivity index (χ3v) is 26.2. The monoisotopic (exact) mass is 2180 g/mol. The average Bonchev–Trinajstić information content (AvgIpc) is 0.644. The van der Waals surface area contributed by atoms with E-state index in [4.69, 9.17) is 0 Å². The molecule has 0 saturated heterocycles. The normalized spacial score (nSPS) is 13.2. The van der Waals surface area contributed by atoms with Crippen LogP contribution in [0.2, 0.25) is 0 Å². The number of unbranched alkanes of at least 4 members (excludes halogenated alkanes) is 1. The van der Waals surface area contributed by atoms with E-state index in [1.54, 1.807) is 0 Å². The fourth-order valence-corrected chi connectivity index (χ4v) is 19.9. The van der Waals surface area contributed by atoms with Crippen LogP contribution in [0.25, 0.3) is 140 Å². The van der Waals surface area contributed by atoms with Crippen molar-refractivity contribution in [2.75, 3.05) is 13.1 Å². The summed E-state index contributed by atoms with van der Waals surface area (Å²) in [6, 6.07) is 0. The summed E-state index contributed by atoms with van der Waals surface area (Å²) in [5.41, 5.74) is -30.1. The highest BCUT2D eigenvalue weighted by Gasteiger charge is 2.64. The number of alkyl halides is 8. The molecule has 0 aliphatic carbocycles. The maximum atomic E-state index is 19.3. The first kappa shape index (κ1) is 107. The highest BCUT2D eigenvalue weighted by atomic mass is 19.4. The predicted octanol–water partition coefficient (Wildman–Crippen LogP) is 30.4. The molecule has 0 heterocycles. The Labute approximate surface area is 782 Å². The number of quaternary nitrogens is 1. The second kappa shape index (κ2) is 36.2. The van der Waals surface area contributed by atoms with Gasteiger partial charge < -0.3 is 5.32 Å². The molecule has 148 heavy (non-hydrogen) atoms. The van der Waals surface area contributed by atoms with Gasteiger partial charge in [0.05, 0.1) is 88.9 Å². The van der Waals surface area contributed by atoms with Gasteiger partial charge in [-0.25, -0.2) is 193 Å². The minimum Gasteiger partial charge on any atom is -0.346 e. The van der Waals surface area contributed by atoms with Crippen LogP contribution >= 0.6 is 0 Å². The van der Waals surface area contributed by atoms with Crippen molar-refractivity contribution in [2.45, 2.75) is 90.9 Å². The van der Waals surface area contributed by atoms with Crippen molar-refractivity contribution in [3.05, 3.63) is 267 Å². The van der Waals surface area contributed by atoms with Crippen molar-refractivity contribution in [2.24, 2.45) is 11.8 Å². The van der Waals surface area contributed by atoms with E-state index in [1.807, 2.05) is 0 Å². The minimum absolute atomic E-state index is 0.905. The number of hydrogen-bond donors (Lipinski definition) is 1. The lowest BCUT2D eigenvalue weighted by atomic mass is 9.11. The molecule has 0 radical (unpaired) electrons. The molecule has 54 heteroatoms. The molecule has 18 rings (SSSR count). The van der Waals surface area contributed by atoms with Crippen LogP contribution < -0.4 is 27.2 Å². The molecular weight excluding hydrogens is 2140 g/mol. The van der Waals surface area contributed by atoms with Gasteiger partial charge in [-0.2, -0.15) is 35.1 Å². The Bertz CT molecular complexity index is 7950. The molecule has 0 bridgehead atoms. The second-order valence-corrected chi connectivity index (χ2v) is 33.8. The van der Waals surface area contributed by atoms with Gasteiger partial charge in [0.2, 0.25) is 5.82 Å². The summed E-state index contributed by atoms with van der Waals surface area (Å²) in [4.78, 5) is 0. The Balaban J connectivity index is 0.000000274. The van der Waals surface area contributed by atoms with Crippen LogP contribution in [-0.2, 0) is 12.1 Å². The van der Waals surface area contributed by atoms with Gasteiger partial charge in [0.25, 0.3) is 0 Å². The Morgan fingerprint density at radius 2 is 0.399 bits per heavy atom. The number of hydrogen-bond acceptors (Lipinski definition) is 0. The van der Waals surface area contributed by atoms with Crippen molar-refractivity contribution >= 4 is 157 Å². The first-order valence-corrected chi connectivity index (χ1v) is 41.5. The zero-order valence-electron chi connectivity index (χ0n) is 71.8. The molecule has 18 aromatic rings. The van der Waals surface area contributed by atoms with Gasteiger partial charge in [0, 0.05) is 54.6 Å². The summed E-state index contributed by atoms with van der Waals surface area (Å²) in [5, 5.41) is -68.8. The van der Waals surface area contributed by atoms with E-state index in [2.05, 4.69) is 33.0 Å². The summed E-state index contributed by atoms with van der Waals surface area (Å²) in [6.07, 6.45) is -12.4. The molecule has 0 aliphatic heterocycles. The van der Waals surface area contributed by atoms with Gasteiger partial charge >= 0.3 is 18.3 Å². The highest BCUT2D eigenvalue weighted by Crippen LogP contribution is 2.58. The summed E-state index contributed by atoms with van der Waals surface area (Å²) in [7, 11) is 0. The van der Waals surface area contributed by atoms with E-state index in [1.165, 1.54) is 58.0 Å². The Morgan fingerprint density at radius 1 is 0.203 bits per heavy atom. The molecule has 2 N–H and O–H groups in total. The quantitative estimate of drug-likeness (QED) is 0.0234. The van der Waals surface area contributed by atoms with Gasteiger partial charge in [-0.05, 0) is 46.7 Å². The van der Waals surface area contributed by atoms with Gasteiger partial charge in [-0.15, -0.1) is 21.9 Å². The molecule has 1 nitrogen and oxygen atoms in total. The topological polar surface area (TPSA) is 16.6 Å². The molecule has 0 saturated carbocycles. The van der Waals surface area contributed by atoms with Gasteiger partial charge in [-0.1, -0.05) is 53.4 Å². The first-order valence-electron chi connectivity index (χ1n) is 41.5. The Hall–Kier alpha value is -13.5. The summed E-state index contributed by atoms with van der Waals surface area (Å²) < 4.78 is 834. The minimum atomic E-state index is -8.50. The third-order valence-electron chi connectivity index (χ3n) is 26.2. The van der Waals surface area contributed by atoms with E-state index in [9.17, 15) is 70.2 Å². The lowest BCUT2D eigenvalue weighted by molar-refractivity contribution is -0.660. The van der Waals surface area contributed by atoms with Crippen LogP contribution in [0.15, 0.2) is 0 Å². The molecule has 18 aromatic carbocycles. The van der Waals surface area contributed by atoms with E-state index in [0.717, 1.165) is 11.8 Å². The predicted molar refractivity (Wildman–Crippen MR) is 424 cm³/mol. The van der Waals surface area contributed by atoms with Crippen LogP contribution in [0.1, 0.15) is 83.8 Å². The third kappa shape index (κ3) is 14.1. The first-order chi connectivity index (χ1) is 68.8. The maximum absolute atomic E-state index is 19.3. The largest absolute Gasteiger partial charge is 0.458 e. The van der Waals surface area contributed by atoms with Crippen LogP contribution in [-0.4, -0.2) is 25.4 Å². The van der Waals surface area contributed by atoms with E-state index in [-0.39, 0.29) is 0 Å². The smallest absolute Gasteiger partial charge is 0.346 e. The van der Waals surface area contributed by atoms with Crippen molar-refractivity contribution in [3.63, 3.8) is 0 Å². The molecule has 0 fully saturated rings. The van der Waals surface area contributed by atoms with Crippen molar-refractivity contribution in [1.29, 1.82) is 0 Å². The summed E-state index contributed by atoms with van der Waals surface area (Å²) in [6.45, 7) is 12.0. The van der Waals surface area contributed by atoms with Gasteiger partial charge in [0.1, 0.15) is 35.0 Å². The number of halogens is 52. The van der Waals surface area contributed by atoms with Crippen LogP contribution in [0.5, 0.6) is 0 Å². The molecule has 0 spiro atoms. The summed E-state index contributed by atoms with van der Waals surface area (Å²) >= 11 is 0. The van der Waals surface area contributed by atoms with Crippen molar-refractivity contribution in [1.82, 2.24) is 0 Å². The fraction of sp³-hybridized carbons (Fsp3) is 0.191. The molecule has 2 atom stereocenters. The van der Waals surface area contributed by atoms with Gasteiger partial charge in [0.15, 0.2) is 227 Å². The lowest BCUT2D eigenvalue weighted by Gasteiger charge is -2.48. The summed E-state index contributed by atoms with van der Waals surface area (Å²) in [5.74, 6) is -162.